The molecule has 0 aromatic heterocycles. The molecule has 0 aliphatic rings. The SMILES string of the molecule is CCOc1cc(/C=C(\C#N)C(=O)N[C@H](C)CC)cc(I)c1OCC(=O)O. The average Bonchev–Trinajstić information content (AvgIpc) is 2.58. The van der Waals surface area contributed by atoms with Crippen LogP contribution >= 0.6 is 22.6 Å². The third-order valence-electron chi connectivity index (χ3n) is 3.34. The number of carboxylic acids is 1. The summed E-state index contributed by atoms with van der Waals surface area (Å²) in [6.45, 7) is 5.44. The van der Waals surface area contributed by atoms with Crippen molar-refractivity contribution in [1.82, 2.24) is 5.32 Å². The highest BCUT2D eigenvalue weighted by molar-refractivity contribution is 14.1. The van der Waals surface area contributed by atoms with Gasteiger partial charge in [0.15, 0.2) is 18.1 Å². The smallest absolute Gasteiger partial charge is 0.341 e. The van der Waals surface area contributed by atoms with Crippen molar-refractivity contribution < 1.29 is 24.2 Å². The number of carboxylic acid groups (broad SMARTS) is 1. The van der Waals surface area contributed by atoms with E-state index in [1.807, 2.05) is 42.5 Å². The average molecular weight is 472 g/mol. The summed E-state index contributed by atoms with van der Waals surface area (Å²) in [6, 6.07) is 5.16. The van der Waals surface area contributed by atoms with E-state index in [0.717, 1.165) is 6.42 Å². The van der Waals surface area contributed by atoms with Crippen molar-refractivity contribution >= 4 is 40.5 Å². The van der Waals surface area contributed by atoms with Gasteiger partial charge < -0.3 is 19.9 Å². The van der Waals surface area contributed by atoms with Crippen LogP contribution in [0.1, 0.15) is 32.8 Å². The normalized spacial score (nSPS) is 12.0. The Hall–Kier alpha value is -2.28. The quantitative estimate of drug-likeness (QED) is 0.325. The zero-order valence-electron chi connectivity index (χ0n) is 14.8. The van der Waals surface area contributed by atoms with Gasteiger partial charge in [0.1, 0.15) is 11.6 Å². The molecule has 2 N–H and O–H groups in total. The summed E-state index contributed by atoms with van der Waals surface area (Å²) in [5.41, 5.74) is 0.555. The van der Waals surface area contributed by atoms with Crippen LogP contribution in [0.4, 0.5) is 0 Å². The van der Waals surface area contributed by atoms with Crippen molar-refractivity contribution in [1.29, 1.82) is 5.26 Å². The molecule has 1 aromatic carbocycles. The molecule has 1 amide bonds. The Morgan fingerprint density at radius 3 is 2.62 bits per heavy atom. The number of nitrogens with one attached hydrogen (secondary N) is 1. The van der Waals surface area contributed by atoms with Crippen LogP contribution in [0.15, 0.2) is 17.7 Å². The van der Waals surface area contributed by atoms with Gasteiger partial charge >= 0.3 is 5.97 Å². The third kappa shape index (κ3) is 6.55. The van der Waals surface area contributed by atoms with Crippen LogP contribution in [0.25, 0.3) is 6.08 Å². The highest BCUT2D eigenvalue weighted by Crippen LogP contribution is 2.35. The number of hydrogen-bond acceptors (Lipinski definition) is 5. The molecular weight excluding hydrogens is 451 g/mol. The van der Waals surface area contributed by atoms with E-state index >= 15 is 0 Å². The molecule has 0 saturated heterocycles. The van der Waals surface area contributed by atoms with Gasteiger partial charge in [0.05, 0.1) is 10.2 Å². The summed E-state index contributed by atoms with van der Waals surface area (Å²) < 4.78 is 11.4. The van der Waals surface area contributed by atoms with Crippen LogP contribution in [0.2, 0.25) is 0 Å². The molecule has 7 nitrogen and oxygen atoms in total. The summed E-state index contributed by atoms with van der Waals surface area (Å²) in [4.78, 5) is 22.9. The lowest BCUT2D eigenvalue weighted by molar-refractivity contribution is -0.139. The number of carbonyl (C=O) groups excluding carboxylic acids is 1. The van der Waals surface area contributed by atoms with Crippen LogP contribution in [-0.2, 0) is 9.59 Å². The minimum Gasteiger partial charge on any atom is -0.490 e. The summed E-state index contributed by atoms with van der Waals surface area (Å²) >= 11 is 1.99. The van der Waals surface area contributed by atoms with Crippen molar-refractivity contribution in [2.45, 2.75) is 33.2 Å². The molecule has 26 heavy (non-hydrogen) atoms. The second-order valence-electron chi connectivity index (χ2n) is 5.40. The van der Waals surface area contributed by atoms with Crippen LogP contribution in [0, 0.1) is 14.9 Å². The van der Waals surface area contributed by atoms with E-state index in [9.17, 15) is 14.9 Å². The number of carbonyl (C=O) groups is 2. The predicted octanol–water partition coefficient (Wildman–Crippen LogP) is 2.97. The molecule has 0 aliphatic heterocycles. The number of ether oxygens (including phenoxy) is 2. The molecule has 0 bridgehead atoms. The number of aliphatic carboxylic acids is 1. The maximum Gasteiger partial charge on any atom is 0.341 e. The first-order valence-electron chi connectivity index (χ1n) is 8.05. The summed E-state index contributed by atoms with van der Waals surface area (Å²) in [7, 11) is 0. The van der Waals surface area contributed by atoms with Crippen molar-refractivity contribution in [2.24, 2.45) is 0 Å². The van der Waals surface area contributed by atoms with E-state index in [2.05, 4.69) is 5.32 Å². The Kier molecular flexibility index (Phi) is 8.92. The Balaban J connectivity index is 3.21. The molecule has 1 rings (SSSR count). The highest BCUT2D eigenvalue weighted by Gasteiger charge is 2.15. The Morgan fingerprint density at radius 2 is 2.08 bits per heavy atom. The van der Waals surface area contributed by atoms with Gasteiger partial charge in [-0.05, 0) is 66.6 Å². The minimum absolute atomic E-state index is 0.0252. The first-order valence-corrected chi connectivity index (χ1v) is 9.13. The number of hydrogen-bond donors (Lipinski definition) is 2. The number of benzene rings is 1. The second-order valence-corrected chi connectivity index (χ2v) is 6.56. The Bertz CT molecular complexity index is 740. The van der Waals surface area contributed by atoms with Crippen LogP contribution in [-0.4, -0.2) is 36.2 Å². The molecule has 1 atom stereocenters. The van der Waals surface area contributed by atoms with Crippen LogP contribution in [0.3, 0.4) is 0 Å². The fourth-order valence-electron chi connectivity index (χ4n) is 1.93. The Morgan fingerprint density at radius 1 is 1.38 bits per heavy atom. The van der Waals surface area contributed by atoms with Crippen LogP contribution < -0.4 is 14.8 Å². The fourth-order valence-corrected chi connectivity index (χ4v) is 2.71. The number of rotatable bonds is 9. The molecule has 8 heteroatoms. The van der Waals surface area contributed by atoms with Gasteiger partial charge in [0.25, 0.3) is 5.91 Å². The molecule has 0 unspecified atom stereocenters. The zero-order chi connectivity index (χ0) is 19.7. The van der Waals surface area contributed by atoms with E-state index in [1.165, 1.54) is 6.08 Å². The van der Waals surface area contributed by atoms with Crippen molar-refractivity contribution in [2.75, 3.05) is 13.2 Å². The van der Waals surface area contributed by atoms with Gasteiger partial charge in [0, 0.05) is 6.04 Å². The molecule has 0 saturated carbocycles. The zero-order valence-corrected chi connectivity index (χ0v) is 17.0. The van der Waals surface area contributed by atoms with Gasteiger partial charge in [-0.25, -0.2) is 4.79 Å². The van der Waals surface area contributed by atoms with Gasteiger partial charge in [-0.3, -0.25) is 4.79 Å². The monoisotopic (exact) mass is 472 g/mol. The third-order valence-corrected chi connectivity index (χ3v) is 4.14. The van der Waals surface area contributed by atoms with E-state index < -0.39 is 18.5 Å². The van der Waals surface area contributed by atoms with Crippen molar-refractivity contribution in [3.63, 3.8) is 0 Å². The summed E-state index contributed by atoms with van der Waals surface area (Å²) in [5.74, 6) is -0.872. The summed E-state index contributed by atoms with van der Waals surface area (Å²) in [6.07, 6.45) is 2.22. The first kappa shape index (κ1) is 21.8. The molecule has 0 aliphatic carbocycles. The molecular formula is C18H21IN2O5. The topological polar surface area (TPSA) is 109 Å². The molecule has 0 heterocycles. The predicted molar refractivity (Wildman–Crippen MR) is 105 cm³/mol. The van der Waals surface area contributed by atoms with E-state index in [-0.39, 0.29) is 11.6 Å². The Labute approximate surface area is 166 Å². The number of amides is 1. The van der Waals surface area contributed by atoms with Crippen molar-refractivity contribution in [3.8, 4) is 17.6 Å². The molecule has 0 spiro atoms. The van der Waals surface area contributed by atoms with Gasteiger partial charge in [-0.1, -0.05) is 6.92 Å². The maximum atomic E-state index is 12.2. The van der Waals surface area contributed by atoms with Gasteiger partial charge in [0.2, 0.25) is 0 Å². The largest absolute Gasteiger partial charge is 0.490 e. The standard InChI is InChI=1S/C18H21IN2O5/c1-4-11(3)21-18(24)13(9-20)6-12-7-14(19)17(26-10-16(22)23)15(8-12)25-5-2/h6-8,11H,4-5,10H2,1-3H3,(H,21,24)(H,22,23)/b13-6+/t11-/m1/s1. The maximum absolute atomic E-state index is 12.2. The minimum atomic E-state index is -1.10. The summed E-state index contributed by atoms with van der Waals surface area (Å²) in [5, 5.41) is 20.8. The van der Waals surface area contributed by atoms with E-state index in [1.54, 1.807) is 19.1 Å². The molecule has 1 aromatic rings. The lowest BCUT2D eigenvalue weighted by Gasteiger charge is -2.14. The van der Waals surface area contributed by atoms with E-state index in [0.29, 0.717) is 27.2 Å². The first-order chi connectivity index (χ1) is 12.3. The number of nitriles is 1. The van der Waals surface area contributed by atoms with Crippen molar-refractivity contribution in [3.05, 3.63) is 26.8 Å². The number of nitrogens with zero attached hydrogens (tertiary/aromatic N) is 1. The molecule has 0 fully saturated rings. The number of halogens is 1. The van der Waals surface area contributed by atoms with Crippen LogP contribution in [0.5, 0.6) is 11.5 Å². The lowest BCUT2D eigenvalue weighted by atomic mass is 10.1. The lowest BCUT2D eigenvalue weighted by Crippen LogP contribution is -2.32. The van der Waals surface area contributed by atoms with Gasteiger partial charge in [-0.15, -0.1) is 0 Å². The van der Waals surface area contributed by atoms with E-state index in [4.69, 9.17) is 14.6 Å². The molecule has 0 radical (unpaired) electrons. The second kappa shape index (κ2) is 10.7. The van der Waals surface area contributed by atoms with Gasteiger partial charge in [-0.2, -0.15) is 5.26 Å². The fraction of sp³-hybridized carbons (Fsp3) is 0.389. The molecule has 140 valence electrons. The highest BCUT2D eigenvalue weighted by atomic mass is 127.